The maximum Gasteiger partial charge on any atom is 0.137 e. The predicted molar refractivity (Wildman–Crippen MR) is 84.8 cm³/mol. The first kappa shape index (κ1) is 11.9. The molecule has 0 fully saturated rings. The van der Waals surface area contributed by atoms with Crippen LogP contribution in [0.2, 0.25) is 0 Å². The monoisotopic (exact) mass is 271 g/mol. The molecule has 0 bridgehead atoms. The Morgan fingerprint density at radius 3 is 2.52 bits per heavy atom. The van der Waals surface area contributed by atoms with Gasteiger partial charge in [0.2, 0.25) is 0 Å². The Labute approximate surface area is 122 Å². The average Bonchev–Trinajstić information content (AvgIpc) is 3.05. The number of nitrogens with one attached hydrogen (secondary N) is 1. The molecular formula is C18H13N3. The lowest BCUT2D eigenvalue weighted by Crippen LogP contribution is -1.83. The number of aromatic amines is 1. The molecule has 4 rings (SSSR count). The van der Waals surface area contributed by atoms with Crippen LogP contribution in [0.15, 0.2) is 73.2 Å². The maximum absolute atomic E-state index is 4.49. The van der Waals surface area contributed by atoms with Crippen LogP contribution < -0.4 is 0 Å². The molecule has 0 spiro atoms. The molecule has 0 amide bonds. The number of hydrogen-bond acceptors (Lipinski definition) is 2. The molecule has 0 atom stereocenters. The standard InChI is InChI=1S/C18H13N3/c1-2-6-15-13(4-1)5-3-7-16(15)17-12-20-18(21-17)14-8-10-19-11-9-14/h1-12H,(H,20,21). The molecule has 0 saturated carbocycles. The van der Waals surface area contributed by atoms with Crippen LogP contribution in [-0.2, 0) is 0 Å². The number of fused-ring (bicyclic) bond motifs is 1. The van der Waals surface area contributed by atoms with Gasteiger partial charge in [0.25, 0.3) is 0 Å². The van der Waals surface area contributed by atoms with Crippen molar-refractivity contribution in [3.05, 3.63) is 73.2 Å². The molecule has 0 saturated heterocycles. The summed E-state index contributed by atoms with van der Waals surface area (Å²) in [5.41, 5.74) is 3.23. The van der Waals surface area contributed by atoms with Crippen LogP contribution in [0.5, 0.6) is 0 Å². The van der Waals surface area contributed by atoms with Crippen molar-refractivity contribution in [2.24, 2.45) is 0 Å². The van der Waals surface area contributed by atoms with Crippen LogP contribution >= 0.6 is 0 Å². The van der Waals surface area contributed by atoms with Crippen LogP contribution in [0.3, 0.4) is 0 Å². The number of hydrogen-bond donors (Lipinski definition) is 1. The van der Waals surface area contributed by atoms with E-state index in [1.165, 1.54) is 16.3 Å². The summed E-state index contributed by atoms with van der Waals surface area (Å²) in [4.78, 5) is 11.9. The summed E-state index contributed by atoms with van der Waals surface area (Å²) in [5, 5.41) is 2.46. The second-order valence-corrected chi connectivity index (χ2v) is 4.91. The van der Waals surface area contributed by atoms with Gasteiger partial charge in [0, 0.05) is 23.5 Å². The van der Waals surface area contributed by atoms with E-state index >= 15 is 0 Å². The normalized spacial score (nSPS) is 10.9. The summed E-state index contributed by atoms with van der Waals surface area (Å²) in [6.07, 6.45) is 5.43. The number of rotatable bonds is 2. The van der Waals surface area contributed by atoms with E-state index in [2.05, 4.69) is 57.4 Å². The van der Waals surface area contributed by atoms with Crippen LogP contribution in [0.25, 0.3) is 33.4 Å². The topological polar surface area (TPSA) is 41.6 Å². The smallest absolute Gasteiger partial charge is 0.137 e. The van der Waals surface area contributed by atoms with Gasteiger partial charge in [0.05, 0.1) is 11.9 Å². The fourth-order valence-electron chi connectivity index (χ4n) is 2.57. The first-order valence-electron chi connectivity index (χ1n) is 6.85. The highest BCUT2D eigenvalue weighted by Crippen LogP contribution is 2.28. The molecule has 0 aliphatic rings. The molecule has 2 heterocycles. The second kappa shape index (κ2) is 4.87. The number of benzene rings is 2. The quantitative estimate of drug-likeness (QED) is 0.591. The number of pyridine rings is 1. The zero-order chi connectivity index (χ0) is 14.1. The highest BCUT2D eigenvalue weighted by molar-refractivity contribution is 5.95. The summed E-state index contributed by atoms with van der Waals surface area (Å²) in [7, 11) is 0. The lowest BCUT2D eigenvalue weighted by molar-refractivity contribution is 1.27. The average molecular weight is 271 g/mol. The first-order chi connectivity index (χ1) is 10.4. The minimum absolute atomic E-state index is 0.861. The highest BCUT2D eigenvalue weighted by atomic mass is 14.9. The van der Waals surface area contributed by atoms with Gasteiger partial charge in [-0.15, -0.1) is 0 Å². The van der Waals surface area contributed by atoms with E-state index in [0.29, 0.717) is 0 Å². The Balaban J connectivity index is 1.85. The van der Waals surface area contributed by atoms with Crippen LogP contribution in [0.4, 0.5) is 0 Å². The van der Waals surface area contributed by atoms with Crippen molar-refractivity contribution in [1.82, 2.24) is 15.0 Å². The minimum atomic E-state index is 0.861. The minimum Gasteiger partial charge on any atom is -0.338 e. The fourth-order valence-corrected chi connectivity index (χ4v) is 2.57. The number of imidazole rings is 1. The van der Waals surface area contributed by atoms with Crippen molar-refractivity contribution in [3.63, 3.8) is 0 Å². The van der Waals surface area contributed by atoms with Crippen LogP contribution in [0, 0.1) is 0 Å². The third-order valence-electron chi connectivity index (χ3n) is 3.61. The van der Waals surface area contributed by atoms with E-state index in [-0.39, 0.29) is 0 Å². The Morgan fingerprint density at radius 2 is 1.62 bits per heavy atom. The highest BCUT2D eigenvalue weighted by Gasteiger charge is 2.07. The molecule has 2 aromatic heterocycles. The lowest BCUT2D eigenvalue weighted by Gasteiger charge is -2.04. The molecular weight excluding hydrogens is 258 g/mol. The largest absolute Gasteiger partial charge is 0.338 e. The van der Waals surface area contributed by atoms with Crippen LogP contribution in [-0.4, -0.2) is 15.0 Å². The van der Waals surface area contributed by atoms with Crippen molar-refractivity contribution >= 4 is 10.8 Å². The third-order valence-corrected chi connectivity index (χ3v) is 3.61. The van der Waals surface area contributed by atoms with Crippen molar-refractivity contribution < 1.29 is 0 Å². The van der Waals surface area contributed by atoms with Gasteiger partial charge in [-0.1, -0.05) is 42.5 Å². The van der Waals surface area contributed by atoms with E-state index in [9.17, 15) is 0 Å². The molecule has 0 unspecified atom stereocenters. The van der Waals surface area contributed by atoms with Gasteiger partial charge in [-0.2, -0.15) is 0 Å². The molecule has 2 aromatic carbocycles. The van der Waals surface area contributed by atoms with Crippen molar-refractivity contribution in [1.29, 1.82) is 0 Å². The van der Waals surface area contributed by atoms with E-state index in [0.717, 1.165) is 17.1 Å². The second-order valence-electron chi connectivity index (χ2n) is 4.91. The molecule has 21 heavy (non-hydrogen) atoms. The summed E-state index contributed by atoms with van der Waals surface area (Å²) < 4.78 is 0. The van der Waals surface area contributed by atoms with E-state index in [1.54, 1.807) is 12.4 Å². The van der Waals surface area contributed by atoms with Gasteiger partial charge in [-0.25, -0.2) is 4.98 Å². The van der Waals surface area contributed by atoms with Crippen molar-refractivity contribution in [3.8, 4) is 22.6 Å². The number of aromatic nitrogens is 3. The summed E-state index contributed by atoms with van der Waals surface area (Å²) in [6, 6.07) is 18.6. The number of H-pyrrole nitrogens is 1. The van der Waals surface area contributed by atoms with Crippen LogP contribution in [0.1, 0.15) is 0 Å². The molecule has 0 radical (unpaired) electrons. The summed E-state index contributed by atoms with van der Waals surface area (Å²) in [5.74, 6) is 0.861. The van der Waals surface area contributed by atoms with Gasteiger partial charge in [0.1, 0.15) is 5.82 Å². The summed E-state index contributed by atoms with van der Waals surface area (Å²) >= 11 is 0. The van der Waals surface area contributed by atoms with Gasteiger partial charge < -0.3 is 4.98 Å². The Morgan fingerprint density at radius 1 is 0.810 bits per heavy atom. The first-order valence-corrected chi connectivity index (χ1v) is 6.85. The molecule has 0 aliphatic heterocycles. The van der Waals surface area contributed by atoms with Gasteiger partial charge in [-0.05, 0) is 22.9 Å². The van der Waals surface area contributed by atoms with E-state index < -0.39 is 0 Å². The molecule has 0 aliphatic carbocycles. The molecule has 100 valence electrons. The Kier molecular flexibility index (Phi) is 2.75. The fraction of sp³-hybridized carbons (Fsp3) is 0. The zero-order valence-corrected chi connectivity index (χ0v) is 11.3. The van der Waals surface area contributed by atoms with E-state index in [1.807, 2.05) is 18.3 Å². The van der Waals surface area contributed by atoms with Crippen molar-refractivity contribution in [2.45, 2.75) is 0 Å². The van der Waals surface area contributed by atoms with Gasteiger partial charge in [0.15, 0.2) is 0 Å². The zero-order valence-electron chi connectivity index (χ0n) is 11.3. The predicted octanol–water partition coefficient (Wildman–Crippen LogP) is 4.29. The maximum atomic E-state index is 4.49. The lowest BCUT2D eigenvalue weighted by atomic mass is 10.0. The molecule has 4 aromatic rings. The molecule has 1 N–H and O–H groups in total. The SMILES string of the molecule is c1ccc2c(-c3cnc(-c4ccncc4)[nH]3)cccc2c1. The van der Waals surface area contributed by atoms with E-state index in [4.69, 9.17) is 0 Å². The third kappa shape index (κ3) is 2.09. The Bertz CT molecular complexity index is 889. The van der Waals surface area contributed by atoms with Gasteiger partial charge >= 0.3 is 0 Å². The molecule has 3 heteroatoms. The Hall–Kier alpha value is -2.94. The van der Waals surface area contributed by atoms with Crippen molar-refractivity contribution in [2.75, 3.05) is 0 Å². The molecule has 3 nitrogen and oxygen atoms in total. The van der Waals surface area contributed by atoms with Gasteiger partial charge in [-0.3, -0.25) is 4.98 Å². The summed E-state index contributed by atoms with van der Waals surface area (Å²) in [6.45, 7) is 0. The number of nitrogens with zero attached hydrogens (tertiary/aromatic N) is 2.